The number of hydrogen-bond acceptors (Lipinski definition) is 4. The van der Waals surface area contributed by atoms with Gasteiger partial charge in [-0.15, -0.1) is 0 Å². The second-order valence-electron chi connectivity index (χ2n) is 6.52. The van der Waals surface area contributed by atoms with E-state index in [1.54, 1.807) is 13.2 Å². The lowest BCUT2D eigenvalue weighted by Gasteiger charge is -2.27. The normalized spacial score (nSPS) is 16.0. The van der Waals surface area contributed by atoms with Crippen LogP contribution < -0.4 is 10.6 Å². The van der Waals surface area contributed by atoms with Crippen LogP contribution in [-0.4, -0.2) is 39.3 Å². The first kappa shape index (κ1) is 19.5. The predicted molar refractivity (Wildman–Crippen MR) is 101 cm³/mol. The summed E-state index contributed by atoms with van der Waals surface area (Å²) in [6.45, 7) is 2.29. The van der Waals surface area contributed by atoms with E-state index in [4.69, 9.17) is 9.47 Å². The summed E-state index contributed by atoms with van der Waals surface area (Å²) < 4.78 is 24.2. The van der Waals surface area contributed by atoms with E-state index in [9.17, 15) is 9.18 Å². The molecule has 1 heterocycles. The van der Waals surface area contributed by atoms with Crippen LogP contribution in [0.15, 0.2) is 42.5 Å². The third-order valence-corrected chi connectivity index (χ3v) is 4.68. The van der Waals surface area contributed by atoms with Gasteiger partial charge in [-0.1, -0.05) is 24.3 Å². The van der Waals surface area contributed by atoms with Crippen LogP contribution in [0.1, 0.15) is 33.1 Å². The molecular weight excluding hydrogens is 347 g/mol. The number of nitrogens with one attached hydrogen (secondary N) is 2. The Hall–Kier alpha value is -2.28. The van der Waals surface area contributed by atoms with Crippen molar-refractivity contribution in [2.75, 3.05) is 33.4 Å². The van der Waals surface area contributed by atoms with E-state index >= 15 is 0 Å². The van der Waals surface area contributed by atoms with Crippen molar-refractivity contribution in [2.45, 2.75) is 19.1 Å². The molecule has 0 aromatic heterocycles. The number of fused-ring (bicyclic) bond motifs is 1. The van der Waals surface area contributed by atoms with Crippen LogP contribution in [0.2, 0.25) is 0 Å². The summed E-state index contributed by atoms with van der Waals surface area (Å²) in [4.78, 5) is 12.5. The van der Waals surface area contributed by atoms with E-state index in [2.05, 4.69) is 22.8 Å². The van der Waals surface area contributed by atoms with Gasteiger partial charge in [-0.2, -0.15) is 0 Å². The third-order valence-electron chi connectivity index (χ3n) is 4.68. The fourth-order valence-electron chi connectivity index (χ4n) is 3.22. The Morgan fingerprint density at radius 1 is 1.26 bits per heavy atom. The average Bonchev–Trinajstić information content (AvgIpc) is 2.70. The minimum Gasteiger partial charge on any atom is -0.382 e. The lowest BCUT2D eigenvalue weighted by atomic mass is 9.94. The van der Waals surface area contributed by atoms with Gasteiger partial charge < -0.3 is 20.1 Å². The molecule has 2 aromatic carbocycles. The number of benzene rings is 2. The maximum atomic E-state index is 13.9. The van der Waals surface area contributed by atoms with Gasteiger partial charge in [0.25, 0.3) is 5.91 Å². The van der Waals surface area contributed by atoms with Crippen molar-refractivity contribution >= 4 is 5.91 Å². The second-order valence-corrected chi connectivity index (χ2v) is 6.52. The number of halogens is 1. The zero-order valence-corrected chi connectivity index (χ0v) is 15.5. The monoisotopic (exact) mass is 372 g/mol. The molecule has 2 aromatic rings. The van der Waals surface area contributed by atoms with E-state index in [0.29, 0.717) is 30.9 Å². The van der Waals surface area contributed by atoms with Crippen molar-refractivity contribution in [3.8, 4) is 0 Å². The second kappa shape index (κ2) is 9.60. The van der Waals surface area contributed by atoms with Crippen molar-refractivity contribution in [3.05, 3.63) is 70.5 Å². The molecule has 1 atom stereocenters. The zero-order chi connectivity index (χ0) is 19.1. The van der Waals surface area contributed by atoms with Crippen LogP contribution in [0.4, 0.5) is 4.39 Å². The SMILES string of the molecule is COCCOCc1cc(C(=O)NCC2NCCc3ccccc32)ccc1F. The molecule has 144 valence electrons. The number of methoxy groups -OCH3 is 1. The van der Waals surface area contributed by atoms with Crippen LogP contribution in [0.25, 0.3) is 0 Å². The summed E-state index contributed by atoms with van der Waals surface area (Å²) >= 11 is 0. The largest absolute Gasteiger partial charge is 0.382 e. The topological polar surface area (TPSA) is 59.6 Å². The molecule has 5 nitrogen and oxygen atoms in total. The van der Waals surface area contributed by atoms with Gasteiger partial charge in [0, 0.05) is 30.8 Å². The van der Waals surface area contributed by atoms with E-state index in [0.717, 1.165) is 13.0 Å². The fraction of sp³-hybridized carbons (Fsp3) is 0.381. The van der Waals surface area contributed by atoms with Gasteiger partial charge in [0.1, 0.15) is 5.82 Å². The smallest absolute Gasteiger partial charge is 0.251 e. The van der Waals surface area contributed by atoms with E-state index in [1.165, 1.54) is 23.3 Å². The molecule has 6 heteroatoms. The van der Waals surface area contributed by atoms with E-state index < -0.39 is 0 Å². The molecule has 0 saturated heterocycles. The van der Waals surface area contributed by atoms with Gasteiger partial charge in [0.2, 0.25) is 0 Å². The summed E-state index contributed by atoms with van der Waals surface area (Å²) in [5, 5.41) is 6.38. The number of rotatable bonds is 8. The molecule has 3 rings (SSSR count). The Morgan fingerprint density at radius 2 is 2.11 bits per heavy atom. The van der Waals surface area contributed by atoms with Crippen molar-refractivity contribution in [3.63, 3.8) is 0 Å². The van der Waals surface area contributed by atoms with Crippen molar-refractivity contribution in [2.24, 2.45) is 0 Å². The molecule has 1 amide bonds. The average molecular weight is 372 g/mol. The van der Waals surface area contributed by atoms with Crippen LogP contribution in [0, 0.1) is 5.82 Å². The number of ether oxygens (including phenoxy) is 2. The third kappa shape index (κ3) is 5.13. The summed E-state index contributed by atoms with van der Waals surface area (Å²) in [6.07, 6.45) is 0.991. The summed E-state index contributed by atoms with van der Waals surface area (Å²) in [5.41, 5.74) is 3.31. The van der Waals surface area contributed by atoms with Gasteiger partial charge in [-0.05, 0) is 42.3 Å². The maximum absolute atomic E-state index is 13.9. The maximum Gasteiger partial charge on any atom is 0.251 e. The summed E-state index contributed by atoms with van der Waals surface area (Å²) in [5.74, 6) is -0.607. The van der Waals surface area contributed by atoms with Crippen molar-refractivity contribution < 1.29 is 18.7 Å². The highest BCUT2D eigenvalue weighted by Crippen LogP contribution is 2.22. The Bertz CT molecular complexity index is 782. The molecule has 0 saturated carbocycles. The quantitative estimate of drug-likeness (QED) is 0.700. The van der Waals surface area contributed by atoms with Crippen LogP contribution in [0.3, 0.4) is 0 Å². The van der Waals surface area contributed by atoms with Gasteiger partial charge in [0.15, 0.2) is 0 Å². The van der Waals surface area contributed by atoms with E-state index in [1.807, 2.05) is 12.1 Å². The lowest BCUT2D eigenvalue weighted by molar-refractivity contribution is 0.0604. The highest BCUT2D eigenvalue weighted by molar-refractivity contribution is 5.94. The van der Waals surface area contributed by atoms with E-state index in [-0.39, 0.29) is 24.4 Å². The molecule has 27 heavy (non-hydrogen) atoms. The molecule has 0 aliphatic carbocycles. The minimum atomic E-state index is -0.383. The van der Waals surface area contributed by atoms with Gasteiger partial charge in [-0.25, -0.2) is 4.39 Å². The lowest BCUT2D eigenvalue weighted by Crippen LogP contribution is -2.38. The van der Waals surface area contributed by atoms with Crippen LogP contribution in [-0.2, 0) is 22.5 Å². The molecule has 1 aliphatic heterocycles. The molecule has 0 bridgehead atoms. The first-order valence-corrected chi connectivity index (χ1v) is 9.13. The first-order valence-electron chi connectivity index (χ1n) is 9.13. The molecule has 2 N–H and O–H groups in total. The Morgan fingerprint density at radius 3 is 2.96 bits per heavy atom. The van der Waals surface area contributed by atoms with Crippen molar-refractivity contribution in [1.29, 1.82) is 0 Å². The van der Waals surface area contributed by atoms with Crippen LogP contribution in [0.5, 0.6) is 0 Å². The number of hydrogen-bond donors (Lipinski definition) is 2. The minimum absolute atomic E-state index is 0.0798. The Balaban J connectivity index is 1.60. The highest BCUT2D eigenvalue weighted by Gasteiger charge is 2.20. The summed E-state index contributed by atoms with van der Waals surface area (Å²) in [7, 11) is 1.58. The standard InChI is InChI=1S/C21H25FN2O3/c1-26-10-11-27-14-17-12-16(6-7-19(17)22)21(25)24-13-20-18-5-3-2-4-15(18)8-9-23-20/h2-7,12,20,23H,8-11,13-14H2,1H3,(H,24,25). The van der Waals surface area contributed by atoms with Crippen molar-refractivity contribution in [1.82, 2.24) is 10.6 Å². The first-order chi connectivity index (χ1) is 13.2. The Labute approximate surface area is 158 Å². The molecule has 0 fully saturated rings. The fourth-order valence-corrected chi connectivity index (χ4v) is 3.22. The molecular formula is C21H25FN2O3. The van der Waals surface area contributed by atoms with Crippen LogP contribution >= 0.6 is 0 Å². The molecule has 1 unspecified atom stereocenters. The van der Waals surface area contributed by atoms with Gasteiger partial charge in [0.05, 0.1) is 19.8 Å². The highest BCUT2D eigenvalue weighted by atomic mass is 19.1. The zero-order valence-electron chi connectivity index (χ0n) is 15.5. The number of amides is 1. The molecule has 0 radical (unpaired) electrons. The summed E-state index contributed by atoms with van der Waals surface area (Å²) in [6, 6.07) is 12.7. The van der Waals surface area contributed by atoms with Gasteiger partial charge >= 0.3 is 0 Å². The molecule has 1 aliphatic rings. The molecule has 0 spiro atoms. The van der Waals surface area contributed by atoms with Gasteiger partial charge in [-0.3, -0.25) is 4.79 Å². The number of carbonyl (C=O) groups is 1. The predicted octanol–water partition coefficient (Wildman–Crippen LogP) is 2.61. The number of carbonyl (C=O) groups excluding carboxylic acids is 1. The Kier molecular flexibility index (Phi) is 6.92.